The summed E-state index contributed by atoms with van der Waals surface area (Å²) in [5.74, 6) is 3.66. The quantitative estimate of drug-likeness (QED) is 0.220. The lowest BCUT2D eigenvalue weighted by Crippen LogP contribution is -2.07. The number of benzene rings is 3. The molecule has 0 fully saturated rings. The predicted octanol–water partition coefficient (Wildman–Crippen LogP) is 5.90. The van der Waals surface area contributed by atoms with Crippen LogP contribution in [0.3, 0.4) is 0 Å². The summed E-state index contributed by atoms with van der Waals surface area (Å²) in [4.78, 5) is 4.57. The maximum atomic E-state index is 6.06. The molecule has 5 rings (SSSR count). The first kappa shape index (κ1) is 23.6. The molecule has 9 heteroatoms. The van der Waals surface area contributed by atoms with Crippen LogP contribution in [0.15, 0.2) is 88.5 Å². The Balaban J connectivity index is 1.36. The predicted molar refractivity (Wildman–Crippen MR) is 137 cm³/mol. The summed E-state index contributed by atoms with van der Waals surface area (Å²) in [6.07, 6.45) is 0. The summed E-state index contributed by atoms with van der Waals surface area (Å²) < 4.78 is 19.3. The van der Waals surface area contributed by atoms with Crippen molar-refractivity contribution in [3.05, 3.63) is 96.1 Å². The van der Waals surface area contributed by atoms with E-state index in [1.54, 1.807) is 0 Å². The van der Waals surface area contributed by atoms with Crippen molar-refractivity contribution in [3.63, 3.8) is 0 Å². The van der Waals surface area contributed by atoms with Crippen molar-refractivity contribution in [2.75, 3.05) is 6.61 Å². The van der Waals surface area contributed by atoms with Crippen LogP contribution < -0.4 is 9.47 Å². The molecule has 0 N–H and O–H groups in total. The largest absolute Gasteiger partial charge is 0.493 e. The van der Waals surface area contributed by atoms with Crippen LogP contribution in [0.2, 0.25) is 0 Å². The number of hydrogen-bond acceptors (Lipinski definition) is 8. The first-order valence-corrected chi connectivity index (χ1v) is 12.6. The molecule has 0 aliphatic heterocycles. The third-order valence-corrected chi connectivity index (χ3v) is 6.30. The Hall–Kier alpha value is -4.11. The van der Waals surface area contributed by atoms with Gasteiger partial charge in [0, 0.05) is 5.69 Å². The van der Waals surface area contributed by atoms with Crippen LogP contribution >= 0.6 is 11.8 Å². The fraction of sp³-hybridized carbons (Fsp3) is 0.185. The Morgan fingerprint density at radius 2 is 1.61 bits per heavy atom. The average Bonchev–Trinajstić information content (AvgIpc) is 3.55. The Morgan fingerprint density at radius 1 is 0.861 bits per heavy atom. The number of aryl methyl sites for hydroxylation is 1. The summed E-state index contributed by atoms with van der Waals surface area (Å²) in [7, 11) is 0. The first-order valence-electron chi connectivity index (χ1n) is 11.6. The number of ether oxygens (including phenoxy) is 2. The van der Waals surface area contributed by atoms with Gasteiger partial charge in [-0.1, -0.05) is 65.4 Å². The number of thioether (sulfide) groups is 1. The van der Waals surface area contributed by atoms with Gasteiger partial charge in [0.25, 0.3) is 0 Å². The van der Waals surface area contributed by atoms with Gasteiger partial charge < -0.3 is 14.0 Å². The zero-order valence-electron chi connectivity index (χ0n) is 20.0. The van der Waals surface area contributed by atoms with Crippen LogP contribution in [0.1, 0.15) is 24.2 Å². The molecule has 5 aromatic rings. The summed E-state index contributed by atoms with van der Waals surface area (Å²) in [5, 5.41) is 13.7. The van der Waals surface area contributed by atoms with Crippen molar-refractivity contribution in [1.29, 1.82) is 0 Å². The van der Waals surface area contributed by atoms with E-state index in [1.807, 2.05) is 97.3 Å². The van der Waals surface area contributed by atoms with E-state index in [1.165, 1.54) is 11.8 Å². The molecule has 0 aliphatic rings. The monoisotopic (exact) mass is 499 g/mol. The smallest absolute Gasteiger partial charge is 0.237 e. The van der Waals surface area contributed by atoms with Crippen LogP contribution in [0.25, 0.3) is 17.1 Å². The SMILES string of the molecule is CCOc1ccccc1-c1noc(CSc2nnc(COc3ccccc3C)n2-c2ccccc2)n1. The Labute approximate surface area is 213 Å². The minimum Gasteiger partial charge on any atom is -0.493 e. The normalized spacial score (nSPS) is 10.9. The van der Waals surface area contributed by atoms with E-state index in [4.69, 9.17) is 14.0 Å². The van der Waals surface area contributed by atoms with Gasteiger partial charge in [0.05, 0.1) is 17.9 Å². The highest BCUT2D eigenvalue weighted by Gasteiger charge is 2.18. The number of aromatic nitrogens is 5. The van der Waals surface area contributed by atoms with Crippen LogP contribution in [-0.4, -0.2) is 31.5 Å². The van der Waals surface area contributed by atoms with Gasteiger partial charge in [-0.3, -0.25) is 4.57 Å². The highest BCUT2D eigenvalue weighted by molar-refractivity contribution is 7.98. The molecule has 0 saturated heterocycles. The highest BCUT2D eigenvalue weighted by atomic mass is 32.2. The van der Waals surface area contributed by atoms with Gasteiger partial charge in [-0.05, 0) is 49.7 Å². The van der Waals surface area contributed by atoms with Gasteiger partial charge in [-0.15, -0.1) is 10.2 Å². The van der Waals surface area contributed by atoms with E-state index in [2.05, 4.69) is 20.3 Å². The minimum absolute atomic E-state index is 0.284. The van der Waals surface area contributed by atoms with Crippen LogP contribution in [0, 0.1) is 6.92 Å². The molecule has 0 atom stereocenters. The van der Waals surface area contributed by atoms with Crippen LogP contribution in [0.4, 0.5) is 0 Å². The molecule has 0 unspecified atom stereocenters. The zero-order chi connectivity index (χ0) is 24.7. The Kier molecular flexibility index (Phi) is 7.28. The van der Waals surface area contributed by atoms with Gasteiger partial charge in [0.1, 0.15) is 18.1 Å². The maximum Gasteiger partial charge on any atom is 0.237 e. The molecule has 0 amide bonds. The molecular formula is C27H25N5O3S. The van der Waals surface area contributed by atoms with Crippen molar-refractivity contribution in [3.8, 4) is 28.6 Å². The summed E-state index contributed by atoms with van der Waals surface area (Å²) in [6.45, 7) is 4.80. The molecule has 2 heterocycles. The molecule has 182 valence electrons. The molecule has 0 bridgehead atoms. The van der Waals surface area contributed by atoms with E-state index in [-0.39, 0.29) is 6.61 Å². The number of rotatable bonds is 10. The summed E-state index contributed by atoms with van der Waals surface area (Å²) >= 11 is 1.47. The fourth-order valence-electron chi connectivity index (χ4n) is 3.67. The second-order valence-electron chi connectivity index (χ2n) is 7.85. The van der Waals surface area contributed by atoms with Crippen molar-refractivity contribution < 1.29 is 14.0 Å². The lowest BCUT2D eigenvalue weighted by molar-refractivity contribution is 0.291. The van der Waals surface area contributed by atoms with Gasteiger partial charge in [0.15, 0.2) is 11.0 Å². The first-order chi connectivity index (χ1) is 17.7. The molecule has 0 spiro atoms. The zero-order valence-corrected chi connectivity index (χ0v) is 20.8. The molecule has 0 aliphatic carbocycles. The van der Waals surface area contributed by atoms with Crippen LogP contribution in [-0.2, 0) is 12.4 Å². The maximum absolute atomic E-state index is 6.06. The second-order valence-corrected chi connectivity index (χ2v) is 8.80. The van der Waals surface area contributed by atoms with Gasteiger partial charge in [-0.25, -0.2) is 0 Å². The Morgan fingerprint density at radius 3 is 2.42 bits per heavy atom. The van der Waals surface area contributed by atoms with Crippen molar-refractivity contribution in [1.82, 2.24) is 24.9 Å². The average molecular weight is 500 g/mol. The van der Waals surface area contributed by atoms with E-state index < -0.39 is 0 Å². The van der Waals surface area contributed by atoms with E-state index in [0.717, 1.165) is 28.3 Å². The third kappa shape index (κ3) is 5.26. The van der Waals surface area contributed by atoms with E-state index in [0.29, 0.717) is 35.1 Å². The van der Waals surface area contributed by atoms with E-state index in [9.17, 15) is 0 Å². The van der Waals surface area contributed by atoms with Gasteiger partial charge >= 0.3 is 0 Å². The van der Waals surface area contributed by atoms with Crippen molar-refractivity contribution >= 4 is 11.8 Å². The lowest BCUT2D eigenvalue weighted by Gasteiger charge is -2.11. The van der Waals surface area contributed by atoms with Crippen molar-refractivity contribution in [2.24, 2.45) is 0 Å². The molecule has 2 aromatic heterocycles. The van der Waals surface area contributed by atoms with Crippen molar-refractivity contribution in [2.45, 2.75) is 31.4 Å². The molecule has 36 heavy (non-hydrogen) atoms. The number of hydrogen-bond donors (Lipinski definition) is 0. The third-order valence-electron chi connectivity index (χ3n) is 5.39. The van der Waals surface area contributed by atoms with E-state index >= 15 is 0 Å². The standard InChI is InChI=1S/C27H25N5O3S/c1-3-33-23-16-10-8-14-21(23)26-28-25(35-31-26)18-36-27-30-29-24(32(27)20-12-5-4-6-13-20)17-34-22-15-9-7-11-19(22)2/h4-16H,3,17-18H2,1-2H3. The van der Waals surface area contributed by atoms with Gasteiger partial charge in [0.2, 0.25) is 11.7 Å². The molecule has 0 saturated carbocycles. The summed E-state index contributed by atoms with van der Waals surface area (Å²) in [5.41, 5.74) is 2.81. The molecule has 8 nitrogen and oxygen atoms in total. The van der Waals surface area contributed by atoms with Gasteiger partial charge in [-0.2, -0.15) is 4.98 Å². The molecule has 0 radical (unpaired) electrons. The molecule has 3 aromatic carbocycles. The fourth-order valence-corrected chi connectivity index (χ4v) is 4.47. The Bertz CT molecular complexity index is 1430. The minimum atomic E-state index is 0.284. The second kappa shape index (κ2) is 11.1. The summed E-state index contributed by atoms with van der Waals surface area (Å²) in [6, 6.07) is 25.5. The lowest BCUT2D eigenvalue weighted by atomic mass is 10.2. The number of para-hydroxylation sites is 3. The number of nitrogens with zero attached hydrogens (tertiary/aromatic N) is 5. The van der Waals surface area contributed by atoms with Crippen LogP contribution in [0.5, 0.6) is 11.5 Å². The topological polar surface area (TPSA) is 88.1 Å². The highest BCUT2D eigenvalue weighted by Crippen LogP contribution is 2.30. The molecular weight excluding hydrogens is 474 g/mol.